The van der Waals surface area contributed by atoms with E-state index in [9.17, 15) is 4.79 Å². The lowest BCUT2D eigenvalue weighted by atomic mass is 10.3. The second kappa shape index (κ2) is 13.5. The third-order valence-electron chi connectivity index (χ3n) is 1.44. The highest BCUT2D eigenvalue weighted by molar-refractivity contribution is 5.67. The van der Waals surface area contributed by atoms with Gasteiger partial charge >= 0.3 is 5.97 Å². The second-order valence-electron chi connectivity index (χ2n) is 2.44. The van der Waals surface area contributed by atoms with Gasteiger partial charge in [0.05, 0.1) is 6.42 Å². The van der Waals surface area contributed by atoms with E-state index in [1.165, 1.54) is 0 Å². The lowest BCUT2D eigenvalue weighted by molar-refractivity contribution is -0.136. The van der Waals surface area contributed by atoms with Crippen LogP contribution in [-0.4, -0.2) is 17.6 Å². The molecule has 92 valence electrons. The van der Waals surface area contributed by atoms with Crippen LogP contribution in [0, 0.1) is 0 Å². The van der Waals surface area contributed by atoms with Crippen molar-refractivity contribution in [3.63, 3.8) is 0 Å². The van der Waals surface area contributed by atoms with E-state index in [0.717, 1.165) is 5.69 Å². The molecule has 0 fully saturated rings. The van der Waals surface area contributed by atoms with Gasteiger partial charge in [-0.05, 0) is 12.1 Å². The summed E-state index contributed by atoms with van der Waals surface area (Å²) in [5.41, 5.74) is 0.957. The Bertz CT molecular complexity index is 247. The van der Waals surface area contributed by atoms with E-state index in [1.54, 1.807) is 0 Å². The maximum absolute atomic E-state index is 10.1. The first kappa shape index (κ1) is 16.9. The minimum Gasteiger partial charge on any atom is -0.481 e. The molecule has 0 aromatic heterocycles. The number of hydrogen-bond acceptors (Lipinski definition) is 2. The van der Waals surface area contributed by atoms with Gasteiger partial charge in [0.1, 0.15) is 0 Å². The Morgan fingerprint density at radius 3 is 2.06 bits per heavy atom. The van der Waals surface area contributed by atoms with Gasteiger partial charge in [0, 0.05) is 12.2 Å². The zero-order valence-electron chi connectivity index (χ0n) is 10.7. The molecule has 0 spiro atoms. The quantitative estimate of drug-likeness (QED) is 0.822. The first-order valence-corrected chi connectivity index (χ1v) is 5.80. The summed E-state index contributed by atoms with van der Waals surface area (Å²) in [6.45, 7) is 8.47. The van der Waals surface area contributed by atoms with E-state index in [4.69, 9.17) is 5.11 Å². The molecule has 2 N–H and O–H groups in total. The number of rotatable bonds is 4. The third-order valence-corrected chi connectivity index (χ3v) is 1.44. The topological polar surface area (TPSA) is 49.3 Å². The molecular weight excluding hydrogens is 202 g/mol. The van der Waals surface area contributed by atoms with Crippen molar-refractivity contribution in [1.82, 2.24) is 0 Å². The molecule has 0 saturated heterocycles. The Morgan fingerprint density at radius 2 is 1.62 bits per heavy atom. The number of anilines is 1. The van der Waals surface area contributed by atoms with Gasteiger partial charge in [0.25, 0.3) is 0 Å². The standard InChI is InChI=1S/C9H11NO2.2C2H6/c11-9(12)6-7-10-8-4-2-1-3-5-8;2*1-2/h1-5,10H,6-7H2,(H,11,12);2*1-2H3. The smallest absolute Gasteiger partial charge is 0.305 e. The molecule has 0 aliphatic rings. The van der Waals surface area contributed by atoms with Gasteiger partial charge in [-0.2, -0.15) is 0 Å². The molecule has 0 heterocycles. The molecule has 3 heteroatoms. The minimum atomic E-state index is -0.779. The van der Waals surface area contributed by atoms with Crippen molar-refractivity contribution in [2.75, 3.05) is 11.9 Å². The van der Waals surface area contributed by atoms with Gasteiger partial charge in [0.2, 0.25) is 0 Å². The largest absolute Gasteiger partial charge is 0.481 e. The van der Waals surface area contributed by atoms with Gasteiger partial charge in [-0.15, -0.1) is 0 Å². The number of carboxylic acid groups (broad SMARTS) is 1. The van der Waals surface area contributed by atoms with Crippen molar-refractivity contribution in [1.29, 1.82) is 0 Å². The van der Waals surface area contributed by atoms with Crippen molar-refractivity contribution in [3.05, 3.63) is 30.3 Å². The SMILES string of the molecule is CC.CC.O=C(O)CCNc1ccccc1. The summed E-state index contributed by atoms with van der Waals surface area (Å²) in [4.78, 5) is 10.1. The normalized spacial score (nSPS) is 7.75. The molecule has 0 aliphatic carbocycles. The number of carbonyl (C=O) groups is 1. The van der Waals surface area contributed by atoms with Crippen LogP contribution in [0.25, 0.3) is 0 Å². The molecule has 0 amide bonds. The number of aliphatic carboxylic acids is 1. The predicted octanol–water partition coefficient (Wildman–Crippen LogP) is 3.63. The molecule has 0 bridgehead atoms. The van der Waals surface area contributed by atoms with Crippen LogP contribution in [-0.2, 0) is 4.79 Å². The fraction of sp³-hybridized carbons (Fsp3) is 0.462. The van der Waals surface area contributed by atoms with E-state index < -0.39 is 5.97 Å². The summed E-state index contributed by atoms with van der Waals surface area (Å²) in [5, 5.41) is 11.3. The molecule has 0 saturated carbocycles. The van der Waals surface area contributed by atoms with E-state index in [2.05, 4.69) is 5.32 Å². The van der Waals surface area contributed by atoms with Gasteiger partial charge in [0.15, 0.2) is 0 Å². The fourth-order valence-corrected chi connectivity index (χ4v) is 0.870. The Morgan fingerprint density at radius 1 is 1.12 bits per heavy atom. The van der Waals surface area contributed by atoms with E-state index in [0.29, 0.717) is 6.54 Å². The van der Waals surface area contributed by atoms with Crippen LogP contribution in [0.2, 0.25) is 0 Å². The zero-order chi connectivity index (χ0) is 12.8. The summed E-state index contributed by atoms with van der Waals surface area (Å²) in [6, 6.07) is 9.54. The van der Waals surface area contributed by atoms with Crippen molar-refractivity contribution in [2.24, 2.45) is 0 Å². The Hall–Kier alpha value is -1.51. The van der Waals surface area contributed by atoms with Crippen LogP contribution in [0.15, 0.2) is 30.3 Å². The van der Waals surface area contributed by atoms with Crippen LogP contribution in [0.1, 0.15) is 34.1 Å². The van der Waals surface area contributed by atoms with Gasteiger partial charge in [-0.3, -0.25) is 4.79 Å². The van der Waals surface area contributed by atoms with E-state index in [-0.39, 0.29) is 6.42 Å². The van der Waals surface area contributed by atoms with Crippen LogP contribution < -0.4 is 5.32 Å². The lowest BCUT2D eigenvalue weighted by Gasteiger charge is -2.02. The summed E-state index contributed by atoms with van der Waals surface area (Å²) in [5.74, 6) is -0.779. The van der Waals surface area contributed by atoms with Crippen LogP contribution in [0.4, 0.5) is 5.69 Å². The summed E-state index contributed by atoms with van der Waals surface area (Å²) in [6.07, 6.45) is 0.148. The fourth-order valence-electron chi connectivity index (χ4n) is 0.870. The molecular formula is C13H23NO2. The van der Waals surface area contributed by atoms with Gasteiger partial charge < -0.3 is 10.4 Å². The predicted molar refractivity (Wildman–Crippen MR) is 69.9 cm³/mol. The number of hydrogen-bond donors (Lipinski definition) is 2. The second-order valence-corrected chi connectivity index (χ2v) is 2.44. The van der Waals surface area contributed by atoms with E-state index >= 15 is 0 Å². The highest BCUT2D eigenvalue weighted by atomic mass is 16.4. The number of nitrogens with one attached hydrogen (secondary N) is 1. The average Bonchev–Trinajstić information content (AvgIpc) is 2.35. The molecule has 1 aromatic carbocycles. The molecule has 3 nitrogen and oxygen atoms in total. The van der Waals surface area contributed by atoms with Crippen molar-refractivity contribution in [2.45, 2.75) is 34.1 Å². The summed E-state index contributed by atoms with van der Waals surface area (Å²) < 4.78 is 0. The Balaban J connectivity index is 0. The molecule has 0 atom stereocenters. The minimum absolute atomic E-state index is 0.148. The maximum atomic E-state index is 10.1. The lowest BCUT2D eigenvalue weighted by Crippen LogP contribution is -2.07. The average molecular weight is 225 g/mol. The van der Waals surface area contributed by atoms with Crippen molar-refractivity contribution in [3.8, 4) is 0 Å². The molecule has 1 rings (SSSR count). The van der Waals surface area contributed by atoms with Gasteiger partial charge in [-0.25, -0.2) is 0 Å². The molecule has 0 unspecified atom stereocenters. The van der Waals surface area contributed by atoms with Crippen LogP contribution in [0.3, 0.4) is 0 Å². The molecule has 1 aromatic rings. The van der Waals surface area contributed by atoms with E-state index in [1.807, 2.05) is 58.0 Å². The Kier molecular flexibility index (Phi) is 14.3. The number of benzene rings is 1. The van der Waals surface area contributed by atoms with Crippen LogP contribution >= 0.6 is 0 Å². The highest BCUT2D eigenvalue weighted by Crippen LogP contribution is 2.03. The van der Waals surface area contributed by atoms with Crippen molar-refractivity contribution >= 4 is 11.7 Å². The molecule has 0 radical (unpaired) electrons. The molecule has 16 heavy (non-hydrogen) atoms. The summed E-state index contributed by atoms with van der Waals surface area (Å²) in [7, 11) is 0. The maximum Gasteiger partial charge on any atom is 0.305 e. The number of para-hydroxylation sites is 1. The van der Waals surface area contributed by atoms with Gasteiger partial charge in [-0.1, -0.05) is 45.9 Å². The van der Waals surface area contributed by atoms with Crippen LogP contribution in [0.5, 0.6) is 0 Å². The summed E-state index contributed by atoms with van der Waals surface area (Å²) >= 11 is 0. The first-order chi connectivity index (χ1) is 7.79. The van der Waals surface area contributed by atoms with Crippen molar-refractivity contribution < 1.29 is 9.90 Å². The first-order valence-electron chi connectivity index (χ1n) is 5.80. The highest BCUT2D eigenvalue weighted by Gasteiger charge is 1.94. The Labute approximate surface area is 98.5 Å². The molecule has 0 aliphatic heterocycles. The monoisotopic (exact) mass is 225 g/mol. The number of carboxylic acids is 1. The zero-order valence-corrected chi connectivity index (χ0v) is 10.7. The third kappa shape index (κ3) is 10.6.